The first-order valence-electron chi connectivity index (χ1n) is 28.4. The van der Waals surface area contributed by atoms with Crippen LogP contribution in [0.2, 0.25) is 0 Å². The van der Waals surface area contributed by atoms with Gasteiger partial charge in [-0.05, 0) is 35.6 Å². The Hall–Kier alpha value is -9.00. The van der Waals surface area contributed by atoms with Gasteiger partial charge in [0.1, 0.15) is 36.3 Å². The number of fused-ring (bicyclic) bond motifs is 5. The molecule has 2 aromatic rings. The van der Waals surface area contributed by atoms with E-state index in [9.17, 15) is 77.0 Å². The number of ether oxygens (including phenoxy) is 1. The predicted octanol–water partition coefficient (Wildman–Crippen LogP) is -3.50. The highest BCUT2D eigenvalue weighted by atomic mass is 32.2. The molecule has 30 nitrogen and oxygen atoms in total. The minimum atomic E-state index is -1.76. The number of nitrogens with zero attached hydrogens (tertiary/aromatic N) is 4. The van der Waals surface area contributed by atoms with E-state index < -0.39 is 188 Å². The van der Waals surface area contributed by atoms with Crippen molar-refractivity contribution in [2.75, 3.05) is 64.0 Å². The lowest BCUT2D eigenvalue weighted by Crippen LogP contribution is -2.61. The molecule has 9 atom stereocenters. The second-order valence-corrected chi connectivity index (χ2v) is 22.6. The van der Waals surface area contributed by atoms with E-state index in [2.05, 4.69) is 47.5 Å². The van der Waals surface area contributed by atoms with Gasteiger partial charge in [0.2, 0.25) is 59.1 Å². The van der Waals surface area contributed by atoms with E-state index in [1.807, 2.05) is 0 Å². The first-order valence-corrected chi connectivity index (χ1v) is 29.4. The summed E-state index contributed by atoms with van der Waals surface area (Å²) in [5, 5.41) is 32.3. The third-order valence-corrected chi connectivity index (χ3v) is 16.8. The minimum Gasteiger partial charge on any atom is -0.469 e. The summed E-state index contributed by atoms with van der Waals surface area (Å²) >= 11 is 0.928. The number of anilines is 1. The van der Waals surface area contributed by atoms with Gasteiger partial charge in [-0.2, -0.15) is 0 Å². The van der Waals surface area contributed by atoms with Gasteiger partial charge >= 0.3 is 5.97 Å². The Kier molecular flexibility index (Phi) is 22.1. The number of methoxy groups -OCH3 is 1. The number of imide groups is 2. The third-order valence-electron chi connectivity index (χ3n) is 15.7. The molecule has 1 unspecified atom stereocenters. The first kappa shape index (κ1) is 65.5. The van der Waals surface area contributed by atoms with Crippen LogP contribution in [0.5, 0.6) is 0 Å². The van der Waals surface area contributed by atoms with Crippen molar-refractivity contribution in [3.8, 4) is 0 Å². The zero-order valence-electron chi connectivity index (χ0n) is 48.5. The molecule has 1 aromatic heterocycles. The second kappa shape index (κ2) is 29.4. The molecule has 10 N–H and O–H groups in total. The van der Waals surface area contributed by atoms with Crippen LogP contribution in [0.4, 0.5) is 5.69 Å². The smallest absolute Gasteiger partial charge is 0.308 e. The molecule has 468 valence electrons. The number of aliphatic hydroxyl groups is 1. The van der Waals surface area contributed by atoms with E-state index in [-0.39, 0.29) is 61.1 Å². The second-order valence-electron chi connectivity index (χ2n) is 21.6. The molecule has 1 saturated heterocycles. The number of hydrogen-bond donors (Lipinski definition) is 10. The molecule has 5 aliphatic rings. The SMILES string of the molecule is CCC(C)[C@@H]1NC(=O)[C@@H]2C[C@@H](O)CN2C(=O)[C@H](CC(=O)OC)NC(=O)[C@@H]2CSc3[nH]c4ccc(NC(=O)CCC(=O)N(CCN5C(=O)C=CC5=O)CCN5C(=O)C=CC5=O)cc4c3C[C@H](NC1=O)C(=O)NCC(=O)N[C@@H]([C@@H](C)CC)C(=O)NCC(=O)N2. The van der Waals surface area contributed by atoms with Crippen molar-refractivity contribution in [3.63, 3.8) is 0 Å². The summed E-state index contributed by atoms with van der Waals surface area (Å²) in [7, 11) is 1.04. The number of H-pyrrole nitrogens is 1. The van der Waals surface area contributed by atoms with Crippen LogP contribution in [0, 0.1) is 11.8 Å². The number of hydrogen-bond acceptors (Lipinski definition) is 18. The molecular weight excluding hydrogens is 1160 g/mol. The van der Waals surface area contributed by atoms with Gasteiger partial charge in [-0.3, -0.25) is 81.7 Å². The fourth-order valence-electron chi connectivity index (χ4n) is 10.3. The van der Waals surface area contributed by atoms with E-state index in [4.69, 9.17) is 4.74 Å². The molecule has 0 aliphatic carbocycles. The lowest BCUT2D eigenvalue weighted by atomic mass is 9.96. The highest BCUT2D eigenvalue weighted by Gasteiger charge is 2.45. The zero-order chi connectivity index (χ0) is 63.4. The summed E-state index contributed by atoms with van der Waals surface area (Å²) in [6, 6.07) is -4.46. The third kappa shape index (κ3) is 16.5. The molecular formula is C56H71N13O17S. The monoisotopic (exact) mass is 1230 g/mol. The van der Waals surface area contributed by atoms with Crippen LogP contribution >= 0.6 is 11.8 Å². The minimum absolute atomic E-state index is 0.158. The summed E-state index contributed by atoms with van der Waals surface area (Å²) < 4.78 is 4.86. The number of aromatic nitrogens is 1. The number of aliphatic hydroxyl groups excluding tert-OH is 1. The summed E-state index contributed by atoms with van der Waals surface area (Å²) in [5.41, 5.74) is 0.798. The van der Waals surface area contributed by atoms with Crippen LogP contribution in [-0.2, 0) is 83.1 Å². The number of carbonyl (C=O) groups excluding carboxylic acids is 15. The fraction of sp³-hybridized carbons (Fsp3) is 0.518. The Labute approximate surface area is 502 Å². The van der Waals surface area contributed by atoms with Crippen molar-refractivity contribution in [3.05, 3.63) is 48.1 Å². The fourth-order valence-corrected chi connectivity index (χ4v) is 11.4. The molecule has 2 bridgehead atoms. The van der Waals surface area contributed by atoms with Gasteiger partial charge in [0.05, 0.1) is 37.8 Å². The molecule has 0 radical (unpaired) electrons. The summed E-state index contributed by atoms with van der Waals surface area (Å²) in [6.45, 7) is 4.12. The molecule has 0 saturated carbocycles. The maximum absolute atomic E-state index is 14.8. The Balaban J connectivity index is 1.26. The summed E-state index contributed by atoms with van der Waals surface area (Å²) in [5.74, 6) is -13.4. The van der Waals surface area contributed by atoms with E-state index in [0.717, 1.165) is 57.9 Å². The number of aromatic amines is 1. The lowest BCUT2D eigenvalue weighted by molar-refractivity contribution is -0.148. The van der Waals surface area contributed by atoms with Gasteiger partial charge in [-0.1, -0.05) is 40.5 Å². The summed E-state index contributed by atoms with van der Waals surface area (Å²) in [4.78, 5) is 211. The van der Waals surface area contributed by atoms with Gasteiger partial charge in [-0.15, -0.1) is 11.8 Å². The number of rotatable bonds is 16. The lowest BCUT2D eigenvalue weighted by Gasteiger charge is -2.32. The highest BCUT2D eigenvalue weighted by molar-refractivity contribution is 7.99. The molecule has 14 amide bonds. The topological polar surface area (TPSA) is 410 Å². The molecule has 1 fully saturated rings. The Morgan fingerprint density at radius 2 is 1.30 bits per heavy atom. The molecule has 5 aliphatic heterocycles. The number of nitrogens with one attached hydrogen (secondary N) is 9. The van der Waals surface area contributed by atoms with Crippen molar-refractivity contribution >= 4 is 117 Å². The number of benzene rings is 1. The quantitative estimate of drug-likeness (QED) is 0.0576. The molecule has 7 rings (SSSR count). The van der Waals surface area contributed by atoms with E-state index in [0.29, 0.717) is 17.3 Å². The summed E-state index contributed by atoms with van der Waals surface area (Å²) in [6.07, 6.45) is 1.35. The van der Waals surface area contributed by atoms with Crippen molar-refractivity contribution in [1.82, 2.24) is 61.8 Å². The van der Waals surface area contributed by atoms with Crippen molar-refractivity contribution < 1.29 is 81.8 Å². The molecule has 31 heteroatoms. The molecule has 6 heterocycles. The number of amides is 14. The maximum atomic E-state index is 14.8. The Bertz CT molecular complexity index is 3100. The van der Waals surface area contributed by atoms with Crippen LogP contribution in [0.1, 0.15) is 71.8 Å². The molecule has 0 spiro atoms. The van der Waals surface area contributed by atoms with Gasteiger partial charge in [0.25, 0.3) is 23.6 Å². The number of carbonyl (C=O) groups is 15. The van der Waals surface area contributed by atoms with Crippen LogP contribution in [0.15, 0.2) is 47.5 Å². The standard InChI is InChI=1S/C56H71N13O17S/c1-6-28(3)48-53(83)58-24-40(72)60-37-27-87-55-33(32-20-30(8-9-34(32)63-55)59-39(71)10-11-42(74)66(16-18-67-43(75)12-13-44(67)76)17-19-68-45(77)14-15-46(68)78)22-35(50(80)57-25-41(73)64-48)61-54(84)49(29(4)7-2)65-52(82)38-21-31(70)26-69(38)56(85)36(62-51(37)81)23-47(79)86-5/h8-9,12-15,20,28-29,31,35-38,48-49,63,70H,6-7,10-11,16-19,21-27H2,1-5H3,(H,57,80)(H,58,83)(H,59,71)(H,60,72)(H,61,84)(H,62,81)(H,64,73)(H,65,82)/t28-,29?,31+,35-,36-,37-,38-,48-,49-/m0/s1. The number of thioether (sulfide) groups is 1. The van der Waals surface area contributed by atoms with Crippen LogP contribution in [0.25, 0.3) is 10.9 Å². The van der Waals surface area contributed by atoms with E-state index >= 15 is 0 Å². The average Bonchev–Trinajstić information content (AvgIpc) is 3.66. The van der Waals surface area contributed by atoms with E-state index in [1.165, 1.54) is 17.0 Å². The van der Waals surface area contributed by atoms with Crippen molar-refractivity contribution in [2.45, 2.75) is 120 Å². The van der Waals surface area contributed by atoms with Gasteiger partial charge < -0.3 is 67.2 Å². The van der Waals surface area contributed by atoms with Gasteiger partial charge in [-0.25, -0.2) is 0 Å². The predicted molar refractivity (Wildman–Crippen MR) is 306 cm³/mol. The normalized spacial score (nSPS) is 24.3. The maximum Gasteiger partial charge on any atom is 0.308 e. The van der Waals surface area contributed by atoms with Crippen molar-refractivity contribution in [2.24, 2.45) is 11.8 Å². The van der Waals surface area contributed by atoms with Crippen LogP contribution in [0.3, 0.4) is 0 Å². The molecule has 87 heavy (non-hydrogen) atoms. The molecule has 1 aromatic carbocycles. The van der Waals surface area contributed by atoms with Gasteiger partial charge in [0.15, 0.2) is 0 Å². The largest absolute Gasteiger partial charge is 0.469 e. The van der Waals surface area contributed by atoms with E-state index in [1.54, 1.807) is 33.8 Å². The average molecular weight is 1230 g/mol. The number of esters is 1. The van der Waals surface area contributed by atoms with Gasteiger partial charge in [0, 0.05) is 105 Å². The van der Waals surface area contributed by atoms with Crippen LogP contribution in [-0.4, -0.2) is 219 Å². The van der Waals surface area contributed by atoms with Crippen molar-refractivity contribution in [1.29, 1.82) is 0 Å². The van der Waals surface area contributed by atoms with Crippen LogP contribution < -0.4 is 42.5 Å². The highest BCUT2D eigenvalue weighted by Crippen LogP contribution is 2.34. The zero-order valence-corrected chi connectivity index (χ0v) is 49.3. The first-order chi connectivity index (χ1) is 41.4. The Morgan fingerprint density at radius 3 is 1.90 bits per heavy atom. The Morgan fingerprint density at radius 1 is 0.713 bits per heavy atom.